The van der Waals surface area contributed by atoms with Crippen LogP contribution in [0.4, 0.5) is 16.2 Å². The molecule has 1 fully saturated rings. The summed E-state index contributed by atoms with van der Waals surface area (Å²) in [5.74, 6) is 1.15. The summed E-state index contributed by atoms with van der Waals surface area (Å²) in [4.78, 5) is 10.4. The summed E-state index contributed by atoms with van der Waals surface area (Å²) in [6, 6.07) is 0.378. The zero-order valence-electron chi connectivity index (χ0n) is 12.0. The van der Waals surface area contributed by atoms with Crippen molar-refractivity contribution in [1.82, 2.24) is 9.97 Å². The third-order valence-corrected chi connectivity index (χ3v) is 3.60. The molecular weight excluding hydrogens is 243 g/mol. The smallest absolute Gasteiger partial charge is 0.224 e. The van der Waals surface area contributed by atoms with Crippen molar-refractivity contribution in [3.8, 4) is 0 Å². The molecule has 2 heterocycles. The van der Waals surface area contributed by atoms with Crippen molar-refractivity contribution < 1.29 is 4.39 Å². The van der Waals surface area contributed by atoms with Crippen molar-refractivity contribution in [2.45, 2.75) is 46.1 Å². The second-order valence-electron chi connectivity index (χ2n) is 5.44. The van der Waals surface area contributed by atoms with E-state index in [2.05, 4.69) is 41.0 Å². The summed E-state index contributed by atoms with van der Waals surface area (Å²) in [5.41, 5.74) is 0. The van der Waals surface area contributed by atoms with Crippen LogP contribution >= 0.6 is 0 Å². The molecule has 2 rings (SSSR count). The molecule has 1 aromatic rings. The van der Waals surface area contributed by atoms with Crippen LogP contribution in [0, 0.1) is 11.7 Å². The zero-order chi connectivity index (χ0) is 13.8. The van der Waals surface area contributed by atoms with Crippen LogP contribution in [0.25, 0.3) is 0 Å². The van der Waals surface area contributed by atoms with Gasteiger partial charge in [0.25, 0.3) is 0 Å². The summed E-state index contributed by atoms with van der Waals surface area (Å²) in [6.45, 7) is 8.12. The minimum atomic E-state index is -0.324. The Morgan fingerprint density at radius 3 is 3.00 bits per heavy atom. The van der Waals surface area contributed by atoms with Gasteiger partial charge in [0.15, 0.2) is 11.6 Å². The maximum atomic E-state index is 14.0. The van der Waals surface area contributed by atoms with Crippen LogP contribution in [0.3, 0.4) is 0 Å². The van der Waals surface area contributed by atoms with E-state index in [0.29, 0.717) is 23.7 Å². The number of hydrogen-bond acceptors (Lipinski definition) is 4. The number of rotatable bonds is 5. The van der Waals surface area contributed by atoms with Crippen LogP contribution < -0.4 is 10.2 Å². The fraction of sp³-hybridized carbons (Fsp3) is 0.714. The Hall–Kier alpha value is -1.39. The topological polar surface area (TPSA) is 41.1 Å². The summed E-state index contributed by atoms with van der Waals surface area (Å²) in [5, 5.41) is 3.11. The average molecular weight is 266 g/mol. The Labute approximate surface area is 114 Å². The van der Waals surface area contributed by atoms with Crippen molar-refractivity contribution in [3.05, 3.63) is 12.0 Å². The minimum absolute atomic E-state index is 0.324. The van der Waals surface area contributed by atoms with Gasteiger partial charge in [-0.05, 0) is 25.2 Å². The Morgan fingerprint density at radius 2 is 2.32 bits per heavy atom. The number of halogens is 1. The predicted molar refractivity (Wildman–Crippen MR) is 76.0 cm³/mol. The first-order valence-corrected chi connectivity index (χ1v) is 7.16. The second kappa shape index (κ2) is 6.17. The predicted octanol–water partition coefficient (Wildman–Crippen LogP) is 3.06. The third-order valence-electron chi connectivity index (χ3n) is 3.60. The Morgan fingerprint density at radius 1 is 1.53 bits per heavy atom. The van der Waals surface area contributed by atoms with Gasteiger partial charge in [0.05, 0.1) is 6.20 Å². The monoisotopic (exact) mass is 266 g/mol. The molecule has 1 saturated heterocycles. The number of nitrogens with zero attached hydrogens (tertiary/aromatic N) is 3. The van der Waals surface area contributed by atoms with Gasteiger partial charge in [0.2, 0.25) is 5.95 Å². The number of nitrogens with one attached hydrogen (secondary N) is 1. The highest BCUT2D eigenvalue weighted by Crippen LogP contribution is 2.30. The average Bonchev–Trinajstić information content (AvgIpc) is 2.87. The fourth-order valence-electron chi connectivity index (χ4n) is 2.63. The number of aromatic nitrogens is 2. The lowest BCUT2D eigenvalue weighted by atomic mass is 10.0. The van der Waals surface area contributed by atoms with Crippen molar-refractivity contribution in [3.63, 3.8) is 0 Å². The van der Waals surface area contributed by atoms with E-state index < -0.39 is 0 Å². The summed E-state index contributed by atoms with van der Waals surface area (Å²) in [6.07, 6.45) is 4.48. The standard InChI is InChI=1S/C14H23FN4/c1-4-7-16-14-17-9-11(15)13(18-14)19-8-5-6-12(19)10(2)3/h9-10,12H,4-8H2,1-3H3,(H,16,17,18). The molecule has 0 radical (unpaired) electrons. The molecule has 0 saturated carbocycles. The van der Waals surface area contributed by atoms with Gasteiger partial charge in [-0.2, -0.15) is 4.98 Å². The molecule has 0 aromatic carbocycles. The number of anilines is 2. The third kappa shape index (κ3) is 3.14. The summed E-state index contributed by atoms with van der Waals surface area (Å²) >= 11 is 0. The minimum Gasteiger partial charge on any atom is -0.354 e. The van der Waals surface area contributed by atoms with Crippen molar-refractivity contribution in [2.75, 3.05) is 23.3 Å². The summed E-state index contributed by atoms with van der Waals surface area (Å²) < 4.78 is 14.0. The normalized spacial score (nSPS) is 19.2. The van der Waals surface area contributed by atoms with Crippen molar-refractivity contribution in [1.29, 1.82) is 0 Å². The lowest BCUT2D eigenvalue weighted by Crippen LogP contribution is -2.34. The van der Waals surface area contributed by atoms with Gasteiger partial charge >= 0.3 is 0 Å². The maximum Gasteiger partial charge on any atom is 0.224 e. The summed E-state index contributed by atoms with van der Waals surface area (Å²) in [7, 11) is 0. The first-order valence-electron chi connectivity index (χ1n) is 7.16. The molecule has 1 unspecified atom stereocenters. The molecule has 5 heteroatoms. The quantitative estimate of drug-likeness (QED) is 0.889. The molecule has 1 aliphatic heterocycles. The maximum absolute atomic E-state index is 14.0. The van der Waals surface area contributed by atoms with Crippen LogP contribution in [0.15, 0.2) is 6.20 Å². The van der Waals surface area contributed by atoms with E-state index in [0.717, 1.165) is 32.4 Å². The molecule has 19 heavy (non-hydrogen) atoms. The lowest BCUT2D eigenvalue weighted by Gasteiger charge is -2.29. The van der Waals surface area contributed by atoms with E-state index in [1.165, 1.54) is 6.20 Å². The SMILES string of the molecule is CCCNc1ncc(F)c(N2CCCC2C(C)C)n1. The second-order valence-corrected chi connectivity index (χ2v) is 5.44. The van der Waals surface area contributed by atoms with Crippen LogP contribution in [0.5, 0.6) is 0 Å². The Bertz CT molecular complexity index is 422. The molecule has 0 amide bonds. The molecule has 0 bridgehead atoms. The van der Waals surface area contributed by atoms with Gasteiger partial charge in [0, 0.05) is 19.1 Å². The molecule has 1 aliphatic rings. The first-order chi connectivity index (χ1) is 9.13. The van der Waals surface area contributed by atoms with E-state index in [1.54, 1.807) is 0 Å². The lowest BCUT2D eigenvalue weighted by molar-refractivity contribution is 0.482. The highest BCUT2D eigenvalue weighted by molar-refractivity contribution is 5.46. The van der Waals surface area contributed by atoms with Gasteiger partial charge in [-0.1, -0.05) is 20.8 Å². The Balaban J connectivity index is 2.22. The number of hydrogen-bond donors (Lipinski definition) is 1. The molecular formula is C14H23FN4. The molecule has 0 spiro atoms. The van der Waals surface area contributed by atoms with E-state index >= 15 is 0 Å². The Kier molecular flexibility index (Phi) is 4.56. The molecule has 1 N–H and O–H groups in total. The largest absolute Gasteiger partial charge is 0.354 e. The van der Waals surface area contributed by atoms with Crippen LogP contribution in [0.2, 0.25) is 0 Å². The molecule has 1 aromatic heterocycles. The highest BCUT2D eigenvalue weighted by Gasteiger charge is 2.30. The van der Waals surface area contributed by atoms with Gasteiger partial charge in [0.1, 0.15) is 0 Å². The molecule has 0 aliphatic carbocycles. The zero-order valence-corrected chi connectivity index (χ0v) is 12.0. The van der Waals surface area contributed by atoms with E-state index in [9.17, 15) is 4.39 Å². The van der Waals surface area contributed by atoms with Crippen molar-refractivity contribution in [2.24, 2.45) is 5.92 Å². The van der Waals surface area contributed by atoms with Crippen molar-refractivity contribution >= 4 is 11.8 Å². The van der Waals surface area contributed by atoms with Gasteiger partial charge in [-0.3, -0.25) is 0 Å². The van der Waals surface area contributed by atoms with E-state index in [4.69, 9.17) is 0 Å². The van der Waals surface area contributed by atoms with Gasteiger partial charge in [-0.25, -0.2) is 9.37 Å². The highest BCUT2D eigenvalue weighted by atomic mass is 19.1. The molecule has 106 valence electrons. The van der Waals surface area contributed by atoms with Crippen LogP contribution in [-0.2, 0) is 0 Å². The molecule has 4 nitrogen and oxygen atoms in total. The van der Waals surface area contributed by atoms with Crippen LogP contribution in [0.1, 0.15) is 40.0 Å². The van der Waals surface area contributed by atoms with Gasteiger partial charge in [-0.15, -0.1) is 0 Å². The van der Waals surface area contributed by atoms with Crippen LogP contribution in [-0.4, -0.2) is 29.1 Å². The first kappa shape index (κ1) is 14.0. The molecule has 1 atom stereocenters. The fourth-order valence-corrected chi connectivity index (χ4v) is 2.63. The van der Waals surface area contributed by atoms with E-state index in [1.807, 2.05) is 0 Å². The van der Waals surface area contributed by atoms with E-state index in [-0.39, 0.29) is 5.82 Å². The van der Waals surface area contributed by atoms with Gasteiger partial charge < -0.3 is 10.2 Å².